The highest BCUT2D eigenvalue weighted by atomic mass is 16.5. The van der Waals surface area contributed by atoms with Crippen LogP contribution in [0.25, 0.3) is 0 Å². The smallest absolute Gasteiger partial charge is 0.309 e. The average Bonchev–Trinajstić information content (AvgIpc) is 2.58. The second-order valence-corrected chi connectivity index (χ2v) is 3.48. The molecule has 0 aromatic heterocycles. The summed E-state index contributed by atoms with van der Waals surface area (Å²) in [6, 6.07) is 0. The lowest BCUT2D eigenvalue weighted by molar-refractivity contribution is -0.141. The van der Waals surface area contributed by atoms with Gasteiger partial charge in [-0.05, 0) is 12.0 Å². The fraction of sp³-hybridized carbons (Fsp3) is 0.667. The topological polar surface area (TPSA) is 66.8 Å². The number of carbonyl (C=O) groups is 1. The summed E-state index contributed by atoms with van der Waals surface area (Å²) in [7, 11) is 0. The highest BCUT2D eigenvalue weighted by Gasteiger charge is 2.47. The fourth-order valence-corrected chi connectivity index (χ4v) is 2.16. The number of aliphatic hydroxyl groups excluding tert-OH is 2. The third-order valence-electron chi connectivity index (χ3n) is 2.81. The predicted octanol–water partition coefficient (Wildman–Crippen LogP) is -0.541. The second kappa shape index (κ2) is 3.12. The van der Waals surface area contributed by atoms with E-state index in [1.54, 1.807) is 6.08 Å². The van der Waals surface area contributed by atoms with Gasteiger partial charge in [0.1, 0.15) is 0 Å². The van der Waals surface area contributed by atoms with E-state index in [0.717, 1.165) is 5.57 Å². The van der Waals surface area contributed by atoms with Crippen LogP contribution in [0.2, 0.25) is 0 Å². The molecule has 1 saturated heterocycles. The summed E-state index contributed by atoms with van der Waals surface area (Å²) in [6.07, 6.45) is 1.45. The molecule has 1 aliphatic heterocycles. The van der Waals surface area contributed by atoms with Gasteiger partial charge in [0.05, 0.1) is 25.2 Å². The van der Waals surface area contributed by atoms with E-state index in [0.29, 0.717) is 13.0 Å². The average molecular weight is 184 g/mol. The molecule has 2 fully saturated rings. The molecule has 0 aromatic carbocycles. The minimum atomic E-state index is -0.574. The summed E-state index contributed by atoms with van der Waals surface area (Å²) < 4.78 is 4.87. The lowest BCUT2D eigenvalue weighted by atomic mass is 9.96. The maximum atomic E-state index is 11.1. The molecule has 1 heterocycles. The van der Waals surface area contributed by atoms with Crippen molar-refractivity contribution in [1.82, 2.24) is 0 Å². The van der Waals surface area contributed by atoms with Crippen molar-refractivity contribution < 1.29 is 19.7 Å². The molecule has 0 bridgehead atoms. The van der Waals surface area contributed by atoms with Crippen LogP contribution in [0.15, 0.2) is 11.6 Å². The SMILES string of the molecule is O=C1OC[C@H]2C(=CCO)[C@H](O)C[C@@H]12. The molecule has 0 radical (unpaired) electrons. The van der Waals surface area contributed by atoms with E-state index in [1.165, 1.54) is 0 Å². The van der Waals surface area contributed by atoms with E-state index in [2.05, 4.69) is 0 Å². The third kappa shape index (κ3) is 1.26. The number of aliphatic hydroxyl groups is 2. The number of hydrogen-bond acceptors (Lipinski definition) is 4. The van der Waals surface area contributed by atoms with E-state index in [1.807, 2.05) is 0 Å². The Hall–Kier alpha value is -0.870. The molecule has 1 aliphatic carbocycles. The van der Waals surface area contributed by atoms with Gasteiger partial charge < -0.3 is 14.9 Å². The van der Waals surface area contributed by atoms with Crippen molar-refractivity contribution in [3.05, 3.63) is 11.6 Å². The number of hydrogen-bond donors (Lipinski definition) is 2. The van der Waals surface area contributed by atoms with E-state index in [-0.39, 0.29) is 24.4 Å². The van der Waals surface area contributed by atoms with Crippen LogP contribution in [0.4, 0.5) is 0 Å². The van der Waals surface area contributed by atoms with E-state index in [4.69, 9.17) is 9.84 Å². The lowest BCUT2D eigenvalue weighted by Crippen LogP contribution is -2.10. The van der Waals surface area contributed by atoms with Gasteiger partial charge in [-0.25, -0.2) is 0 Å². The highest BCUT2D eigenvalue weighted by molar-refractivity contribution is 5.76. The summed E-state index contributed by atoms with van der Waals surface area (Å²) in [5.41, 5.74) is 0.762. The Morgan fingerprint density at radius 2 is 2.31 bits per heavy atom. The van der Waals surface area contributed by atoms with Crippen LogP contribution < -0.4 is 0 Å². The Kier molecular flexibility index (Phi) is 2.09. The van der Waals surface area contributed by atoms with Gasteiger partial charge in [-0.15, -0.1) is 0 Å². The van der Waals surface area contributed by atoms with Crippen LogP contribution in [0.1, 0.15) is 6.42 Å². The van der Waals surface area contributed by atoms with Gasteiger partial charge in [-0.3, -0.25) is 4.79 Å². The first kappa shape index (κ1) is 8.72. The zero-order valence-corrected chi connectivity index (χ0v) is 7.14. The standard InChI is InChI=1S/C9H12O4/c10-2-1-5-7-4-13-9(12)6(7)3-8(5)11/h1,6-8,10-11H,2-4H2/t6-,7+,8-/m1/s1. The number of ether oxygens (including phenoxy) is 1. The fourth-order valence-electron chi connectivity index (χ4n) is 2.16. The second-order valence-electron chi connectivity index (χ2n) is 3.48. The van der Waals surface area contributed by atoms with Crippen LogP contribution in [0.5, 0.6) is 0 Å². The minimum absolute atomic E-state index is 0.00495. The molecule has 4 heteroatoms. The summed E-state index contributed by atoms with van der Waals surface area (Å²) in [6.45, 7) is 0.260. The Morgan fingerprint density at radius 3 is 3.00 bits per heavy atom. The first-order chi connectivity index (χ1) is 6.24. The number of rotatable bonds is 1. The monoisotopic (exact) mass is 184 g/mol. The summed E-state index contributed by atoms with van der Waals surface area (Å²) >= 11 is 0. The van der Waals surface area contributed by atoms with E-state index in [9.17, 15) is 9.90 Å². The number of cyclic esters (lactones) is 1. The van der Waals surface area contributed by atoms with Gasteiger partial charge in [-0.1, -0.05) is 6.08 Å². The van der Waals surface area contributed by atoms with Crippen molar-refractivity contribution in [3.8, 4) is 0 Å². The van der Waals surface area contributed by atoms with E-state index < -0.39 is 6.10 Å². The maximum absolute atomic E-state index is 11.1. The summed E-state index contributed by atoms with van der Waals surface area (Å²) in [4.78, 5) is 11.1. The zero-order chi connectivity index (χ0) is 9.42. The Bertz CT molecular complexity index is 258. The van der Waals surface area contributed by atoms with Crippen molar-refractivity contribution in [3.63, 3.8) is 0 Å². The van der Waals surface area contributed by atoms with Crippen LogP contribution in [-0.4, -0.2) is 35.5 Å². The molecule has 72 valence electrons. The van der Waals surface area contributed by atoms with Gasteiger partial charge in [0, 0.05) is 5.92 Å². The largest absolute Gasteiger partial charge is 0.465 e. The van der Waals surface area contributed by atoms with Crippen molar-refractivity contribution in [2.45, 2.75) is 12.5 Å². The number of fused-ring (bicyclic) bond motifs is 1. The first-order valence-electron chi connectivity index (χ1n) is 4.39. The molecule has 3 atom stereocenters. The number of esters is 1. The molecule has 0 spiro atoms. The minimum Gasteiger partial charge on any atom is -0.465 e. The predicted molar refractivity (Wildman–Crippen MR) is 43.7 cm³/mol. The van der Waals surface area contributed by atoms with Gasteiger partial charge in [0.2, 0.25) is 0 Å². The maximum Gasteiger partial charge on any atom is 0.309 e. The molecule has 4 nitrogen and oxygen atoms in total. The van der Waals surface area contributed by atoms with Crippen LogP contribution in [-0.2, 0) is 9.53 Å². The number of carbonyl (C=O) groups excluding carboxylic acids is 1. The Balaban J connectivity index is 2.22. The summed E-state index contributed by atoms with van der Waals surface area (Å²) in [5.74, 6) is -0.409. The van der Waals surface area contributed by atoms with Crippen LogP contribution in [0.3, 0.4) is 0 Å². The third-order valence-corrected chi connectivity index (χ3v) is 2.81. The highest BCUT2D eigenvalue weighted by Crippen LogP contribution is 2.41. The van der Waals surface area contributed by atoms with E-state index >= 15 is 0 Å². The molecule has 0 unspecified atom stereocenters. The van der Waals surface area contributed by atoms with Gasteiger partial charge in [-0.2, -0.15) is 0 Å². The van der Waals surface area contributed by atoms with Crippen molar-refractivity contribution >= 4 is 5.97 Å². The molecule has 2 N–H and O–H groups in total. The van der Waals surface area contributed by atoms with Gasteiger partial charge >= 0.3 is 5.97 Å². The van der Waals surface area contributed by atoms with Gasteiger partial charge in [0.25, 0.3) is 0 Å². The molecular formula is C9H12O4. The lowest BCUT2D eigenvalue weighted by Gasteiger charge is -2.08. The van der Waals surface area contributed by atoms with Crippen LogP contribution >= 0.6 is 0 Å². The molecule has 0 amide bonds. The molecule has 13 heavy (non-hydrogen) atoms. The van der Waals surface area contributed by atoms with Crippen molar-refractivity contribution in [1.29, 1.82) is 0 Å². The van der Waals surface area contributed by atoms with Crippen molar-refractivity contribution in [2.75, 3.05) is 13.2 Å². The molecule has 1 saturated carbocycles. The molecular weight excluding hydrogens is 172 g/mol. The normalized spacial score (nSPS) is 40.9. The molecule has 2 rings (SSSR count). The Labute approximate surface area is 75.8 Å². The van der Waals surface area contributed by atoms with Crippen molar-refractivity contribution in [2.24, 2.45) is 11.8 Å². The molecule has 2 aliphatic rings. The Morgan fingerprint density at radius 1 is 1.54 bits per heavy atom. The van der Waals surface area contributed by atoms with Gasteiger partial charge in [0.15, 0.2) is 0 Å². The first-order valence-corrected chi connectivity index (χ1v) is 4.39. The quantitative estimate of drug-likeness (QED) is 0.424. The van der Waals surface area contributed by atoms with Crippen LogP contribution in [0, 0.1) is 11.8 Å². The summed E-state index contributed by atoms with van der Waals surface area (Å²) in [5, 5.41) is 18.3. The molecule has 0 aromatic rings. The zero-order valence-electron chi connectivity index (χ0n) is 7.14.